The molecule has 3 nitrogen and oxygen atoms in total. The molecule has 1 aliphatic rings. The van der Waals surface area contributed by atoms with Gasteiger partial charge in [0.15, 0.2) is 6.71 Å². The Morgan fingerprint density at radius 3 is 1.54 bits per heavy atom. The molecule has 0 fully saturated rings. The second-order valence-corrected chi connectivity index (χ2v) is 21.4. The van der Waals surface area contributed by atoms with Gasteiger partial charge in [0.25, 0.3) is 0 Å². The van der Waals surface area contributed by atoms with Crippen molar-refractivity contribution in [2.45, 2.75) is 132 Å². The second-order valence-electron chi connectivity index (χ2n) is 21.4. The van der Waals surface area contributed by atoms with Crippen LogP contribution in [0.1, 0.15) is 171 Å². The van der Waals surface area contributed by atoms with E-state index in [0.29, 0.717) is 28.9 Å². The molecule has 6 aromatic carbocycles. The van der Waals surface area contributed by atoms with Crippen LogP contribution in [0.4, 0.5) is 0 Å². The predicted molar refractivity (Wildman–Crippen MR) is 305 cm³/mol. The third-order valence-corrected chi connectivity index (χ3v) is 14.6. The van der Waals surface area contributed by atoms with E-state index in [1.807, 2.05) is 24.4 Å². The molecule has 0 saturated heterocycles. The molecule has 0 aliphatic carbocycles. The molecule has 366 valence electrons. The zero-order valence-corrected chi connectivity index (χ0v) is 46.2. The topological polar surface area (TPSA) is 35.0 Å². The van der Waals surface area contributed by atoms with Crippen LogP contribution in [0, 0.1) is 25.8 Å². The molecule has 72 heavy (non-hydrogen) atoms. The first-order valence-corrected chi connectivity index (χ1v) is 25.7. The van der Waals surface area contributed by atoms with Crippen molar-refractivity contribution in [1.82, 2.24) is 9.97 Å². The molecule has 0 radical (unpaired) electrons. The Labute approximate surface area is 455 Å². The largest absolute Gasteiger partial charge is 2.00 e. The zero-order valence-electron chi connectivity index (χ0n) is 49.9. The summed E-state index contributed by atoms with van der Waals surface area (Å²) in [7, 11) is 0. The number of aryl methyl sites for hydroxylation is 2. The minimum Gasteiger partial charge on any atom is -0.497 e. The number of nitrogens with zero attached hydrogens (tertiary/aromatic N) is 2. The minimum atomic E-state index is -2.82. The van der Waals surface area contributed by atoms with Gasteiger partial charge >= 0.3 is 21.1 Å². The van der Waals surface area contributed by atoms with Crippen molar-refractivity contribution in [3.63, 3.8) is 0 Å². The zero-order chi connectivity index (χ0) is 55.4. The molecule has 8 aromatic rings. The predicted octanol–water partition coefficient (Wildman–Crippen LogP) is 13.6. The Balaban J connectivity index is 0.00000803. The van der Waals surface area contributed by atoms with Crippen LogP contribution in [0.15, 0.2) is 134 Å². The van der Waals surface area contributed by atoms with Crippen molar-refractivity contribution in [3.05, 3.63) is 190 Å². The smallest absolute Gasteiger partial charge is 0.497 e. The molecular weight excluding hydrogens is 1050 g/mol. The number of benzene rings is 6. The van der Waals surface area contributed by atoms with Crippen molar-refractivity contribution in [3.8, 4) is 45.1 Å². The fourth-order valence-corrected chi connectivity index (χ4v) is 11.2. The molecular formula is C66H70B2N2OPt. The normalized spacial score (nSPS) is 13.9. The number of fused-ring (bicyclic) bond motifs is 2. The number of aromatic nitrogens is 2. The molecule has 0 saturated carbocycles. The number of pyridine rings is 2. The van der Waals surface area contributed by atoms with Crippen molar-refractivity contribution in [2.24, 2.45) is 0 Å². The summed E-state index contributed by atoms with van der Waals surface area (Å²) in [6.07, 6.45) is 1.87. The van der Waals surface area contributed by atoms with E-state index in [1.54, 1.807) is 6.07 Å². The van der Waals surface area contributed by atoms with E-state index in [0.717, 1.165) is 27.7 Å². The van der Waals surface area contributed by atoms with Gasteiger partial charge in [0.1, 0.15) is 0 Å². The van der Waals surface area contributed by atoms with Gasteiger partial charge in [0.2, 0.25) is 6.71 Å². The minimum absolute atomic E-state index is 0. The summed E-state index contributed by atoms with van der Waals surface area (Å²) in [5, 5.41) is 0. The maximum Gasteiger partial charge on any atom is 2.00 e. The van der Waals surface area contributed by atoms with E-state index in [1.165, 1.54) is 66.9 Å². The fourth-order valence-electron chi connectivity index (χ4n) is 11.2. The average molecular weight is 1130 g/mol. The van der Waals surface area contributed by atoms with Gasteiger partial charge in [-0.1, -0.05) is 225 Å². The molecule has 0 spiro atoms. The maximum absolute atomic E-state index is 8.57. The Morgan fingerprint density at radius 2 is 1.00 bits per heavy atom. The Morgan fingerprint density at radius 1 is 0.472 bits per heavy atom. The maximum atomic E-state index is 8.57. The van der Waals surface area contributed by atoms with Gasteiger partial charge in [0, 0.05) is 31.6 Å². The van der Waals surface area contributed by atoms with Gasteiger partial charge in [-0.3, -0.25) is 0 Å². The first-order valence-electron chi connectivity index (χ1n) is 28.7. The van der Waals surface area contributed by atoms with Crippen molar-refractivity contribution in [1.29, 1.82) is 0 Å². The van der Waals surface area contributed by atoms with Crippen molar-refractivity contribution < 1.29 is 34.0 Å². The first kappa shape index (κ1) is 44.9. The molecule has 0 amide bonds. The number of ether oxygens (including phenoxy) is 1. The Kier molecular flexibility index (Phi) is 13.6. The molecule has 9 rings (SSSR count). The standard InChI is InChI=1S/C66H70B2N2O.Pt/c1-39(2)51-23-18-24-52(40(3)4)63(51)48-33-34-69-61(37-48)47-21-17-22-50(35-47)71-62-38-49(60-32-31-45(13)46(14)70-60)36-59-66(62)68(65-55(43(9)10)27-20-28-56(65)44(11)12)58-30-16-15-29-57(58)67(59)64-53(41(5)6)25-19-26-54(64)42(7)8;/h15-34,36-37,39-44H,1-14H3;/q-2;+2/i13D3,14D3;. The molecule has 0 atom stereocenters. The van der Waals surface area contributed by atoms with Gasteiger partial charge in [-0.25, -0.2) is 0 Å². The number of hydrogen-bond donors (Lipinski definition) is 0. The van der Waals surface area contributed by atoms with Crippen LogP contribution in [-0.4, -0.2) is 23.4 Å². The van der Waals surface area contributed by atoms with Crippen LogP contribution in [0.2, 0.25) is 0 Å². The quantitative estimate of drug-likeness (QED) is 0.0852. The molecule has 2 aromatic heterocycles. The van der Waals surface area contributed by atoms with Gasteiger partial charge in [-0.15, -0.1) is 40.9 Å². The van der Waals surface area contributed by atoms with Gasteiger partial charge in [-0.2, -0.15) is 5.46 Å². The number of rotatable bonds is 13. The van der Waals surface area contributed by atoms with Crippen molar-refractivity contribution >= 4 is 46.2 Å². The second kappa shape index (κ2) is 21.8. The van der Waals surface area contributed by atoms with E-state index in [2.05, 4.69) is 192 Å². The first-order chi connectivity index (χ1) is 36.5. The van der Waals surface area contributed by atoms with Gasteiger partial charge in [0.05, 0.1) is 0 Å². The van der Waals surface area contributed by atoms with E-state index < -0.39 is 19.4 Å². The SMILES string of the molecule is [2H]C([2H])([2H])c1ccc(-c2[c-]c(Oc3[c-]c(-c4cc(-c5c(C(C)C)cccc5C(C)C)ccn4)ccc3)c3c(c2)B(c2c(C(C)C)cccc2C(C)C)c2ccccc2B3c2c(C(C)C)cccc2C(C)C)nc1C([2H])([2H])[2H].[Pt+2]. The average Bonchev–Trinajstić information content (AvgIpc) is 3.58. The van der Waals surface area contributed by atoms with E-state index in [9.17, 15) is 0 Å². The molecule has 0 unspecified atom stereocenters. The molecule has 6 heteroatoms. The van der Waals surface area contributed by atoms with E-state index in [-0.39, 0.29) is 69.4 Å². The fraction of sp³-hybridized carbons (Fsp3) is 0.303. The van der Waals surface area contributed by atoms with E-state index >= 15 is 0 Å². The van der Waals surface area contributed by atoms with Crippen LogP contribution in [0.25, 0.3) is 33.6 Å². The summed E-state index contributed by atoms with van der Waals surface area (Å²) in [4.78, 5) is 9.70. The van der Waals surface area contributed by atoms with Gasteiger partial charge in [-0.05, 0) is 106 Å². The van der Waals surface area contributed by atoms with Crippen LogP contribution >= 0.6 is 0 Å². The molecule has 1 aliphatic heterocycles. The molecule has 0 N–H and O–H groups in total. The summed E-state index contributed by atoms with van der Waals surface area (Å²) in [6.45, 7) is 20.8. The van der Waals surface area contributed by atoms with Gasteiger partial charge < -0.3 is 14.7 Å². The Hall–Kier alpha value is -5.76. The van der Waals surface area contributed by atoms with Crippen LogP contribution in [0.3, 0.4) is 0 Å². The molecule has 0 bridgehead atoms. The van der Waals surface area contributed by atoms with E-state index in [4.69, 9.17) is 22.9 Å². The summed E-state index contributed by atoms with van der Waals surface area (Å²) in [5.41, 5.74) is 18.1. The summed E-state index contributed by atoms with van der Waals surface area (Å²) in [6, 6.07) is 51.5. The van der Waals surface area contributed by atoms with Crippen LogP contribution in [0.5, 0.6) is 11.5 Å². The molecule has 3 heterocycles. The van der Waals surface area contributed by atoms with Crippen LogP contribution in [-0.2, 0) is 21.1 Å². The monoisotopic (exact) mass is 1130 g/mol. The van der Waals surface area contributed by atoms with Crippen molar-refractivity contribution in [2.75, 3.05) is 0 Å². The third kappa shape index (κ3) is 10.0. The summed E-state index contributed by atoms with van der Waals surface area (Å²) in [5.74, 6) is 2.22. The third-order valence-electron chi connectivity index (χ3n) is 14.6. The van der Waals surface area contributed by atoms with Crippen LogP contribution < -0.4 is 37.5 Å². The Bertz CT molecular complexity index is 3410. The number of hydrogen-bond acceptors (Lipinski definition) is 3. The summed E-state index contributed by atoms with van der Waals surface area (Å²) < 4.78 is 58.2. The summed E-state index contributed by atoms with van der Waals surface area (Å²) >= 11 is 0.